The summed E-state index contributed by atoms with van der Waals surface area (Å²) in [6.07, 6.45) is 11.2. The zero-order valence-electron chi connectivity index (χ0n) is 25.9. The number of imidazole rings is 2. The highest BCUT2D eigenvalue weighted by Crippen LogP contribution is 2.38. The maximum Gasteiger partial charge on any atom is 0.224 e. The summed E-state index contributed by atoms with van der Waals surface area (Å²) in [7, 11) is 1.78. The summed E-state index contributed by atoms with van der Waals surface area (Å²) in [6.45, 7) is 3.43. The van der Waals surface area contributed by atoms with Gasteiger partial charge in [-0.3, -0.25) is 0 Å². The van der Waals surface area contributed by atoms with E-state index in [1.807, 2.05) is 4.57 Å². The van der Waals surface area contributed by atoms with E-state index in [0.29, 0.717) is 59.0 Å². The van der Waals surface area contributed by atoms with Gasteiger partial charge in [0.05, 0.1) is 24.5 Å². The fourth-order valence-electron chi connectivity index (χ4n) is 6.70. The zero-order chi connectivity index (χ0) is 32.1. The molecule has 0 aliphatic heterocycles. The Morgan fingerprint density at radius 3 is 1.64 bits per heavy atom. The van der Waals surface area contributed by atoms with Crippen molar-refractivity contribution in [1.82, 2.24) is 39.0 Å². The molecular formula is C31H40ClN11O2. The highest BCUT2D eigenvalue weighted by molar-refractivity contribution is 6.28. The summed E-state index contributed by atoms with van der Waals surface area (Å²) in [4.78, 5) is 26.0. The molecule has 0 bridgehead atoms. The van der Waals surface area contributed by atoms with Gasteiger partial charge in [-0.15, -0.1) is 0 Å². The third-order valence-electron chi connectivity index (χ3n) is 8.98. The number of nitrogens with one attached hydrogen (secondary N) is 1. The lowest BCUT2D eigenvalue weighted by molar-refractivity contribution is 0.174. The smallest absolute Gasteiger partial charge is 0.224 e. The molecule has 3 N–H and O–H groups in total. The van der Waals surface area contributed by atoms with E-state index in [0.717, 1.165) is 57.0 Å². The van der Waals surface area contributed by atoms with Crippen molar-refractivity contribution in [1.29, 1.82) is 10.5 Å². The summed E-state index contributed by atoms with van der Waals surface area (Å²) < 4.78 is 4.08. The molecule has 45 heavy (non-hydrogen) atoms. The van der Waals surface area contributed by atoms with Gasteiger partial charge < -0.3 is 24.7 Å². The number of nitriles is 2. The minimum absolute atomic E-state index is 0.184. The molecule has 0 spiro atoms. The molecule has 4 aromatic heterocycles. The topological polar surface area (TPSA) is 187 Å². The van der Waals surface area contributed by atoms with Gasteiger partial charge in [0.1, 0.15) is 34.9 Å². The summed E-state index contributed by atoms with van der Waals surface area (Å²) in [5, 5.41) is 41.0. The Bertz CT molecular complexity index is 1690. The first-order valence-electron chi connectivity index (χ1n) is 15.7. The second-order valence-electron chi connectivity index (χ2n) is 12.1. The van der Waals surface area contributed by atoms with E-state index in [1.54, 1.807) is 33.3 Å². The van der Waals surface area contributed by atoms with E-state index >= 15 is 0 Å². The molecule has 2 atom stereocenters. The van der Waals surface area contributed by atoms with E-state index in [4.69, 9.17) is 22.1 Å². The van der Waals surface area contributed by atoms with Gasteiger partial charge in [0.25, 0.3) is 0 Å². The minimum Gasteiger partial charge on any atom is -0.385 e. The van der Waals surface area contributed by atoms with Crippen molar-refractivity contribution in [3.8, 4) is 12.1 Å². The molecule has 0 saturated heterocycles. The van der Waals surface area contributed by atoms with E-state index in [-0.39, 0.29) is 17.4 Å². The number of nitrogens with zero attached hydrogens (tertiary/aromatic N) is 10. The monoisotopic (exact) mass is 633 g/mol. The van der Waals surface area contributed by atoms with Crippen molar-refractivity contribution in [2.75, 3.05) is 12.4 Å². The Kier molecular flexibility index (Phi) is 10.4. The lowest BCUT2D eigenvalue weighted by atomic mass is 9.84. The van der Waals surface area contributed by atoms with Crippen LogP contribution in [0.2, 0.25) is 5.28 Å². The number of aliphatic hydroxyl groups is 2. The first kappa shape index (κ1) is 32.5. The largest absolute Gasteiger partial charge is 0.385 e. The molecule has 2 fully saturated rings. The third kappa shape index (κ3) is 7.17. The SMILES string of the molecule is CNc1ncc2nc([C@@H](C)O)n(C3CCC(CC#N)CC3)c2n1.C[C@@H](O)c1nc2cnc(Cl)nc2n1C1CCC(CC#N)CC1. The molecule has 238 valence electrons. The predicted octanol–water partition coefficient (Wildman–Crippen LogP) is 5.74. The second-order valence-corrected chi connectivity index (χ2v) is 12.4. The lowest BCUT2D eigenvalue weighted by Crippen LogP contribution is -2.21. The van der Waals surface area contributed by atoms with Crippen molar-refractivity contribution in [3.63, 3.8) is 0 Å². The van der Waals surface area contributed by atoms with E-state index < -0.39 is 12.2 Å². The van der Waals surface area contributed by atoms with Crippen LogP contribution in [0.4, 0.5) is 5.95 Å². The predicted molar refractivity (Wildman–Crippen MR) is 169 cm³/mol. The molecular weight excluding hydrogens is 594 g/mol. The lowest BCUT2D eigenvalue weighted by Gasteiger charge is -2.29. The van der Waals surface area contributed by atoms with Crippen LogP contribution in [0.15, 0.2) is 12.4 Å². The molecule has 14 heteroatoms. The number of rotatable bonds is 7. The summed E-state index contributed by atoms with van der Waals surface area (Å²) >= 11 is 5.92. The number of hydrogen-bond donors (Lipinski definition) is 3. The van der Waals surface area contributed by atoms with Crippen LogP contribution >= 0.6 is 11.6 Å². The van der Waals surface area contributed by atoms with Crippen molar-refractivity contribution >= 4 is 39.9 Å². The van der Waals surface area contributed by atoms with Crippen molar-refractivity contribution < 1.29 is 10.2 Å². The van der Waals surface area contributed by atoms with Gasteiger partial charge in [-0.05, 0) is 88.7 Å². The maximum absolute atomic E-state index is 10.1. The van der Waals surface area contributed by atoms with Crippen LogP contribution in [0.1, 0.15) is 114 Å². The van der Waals surface area contributed by atoms with Crippen LogP contribution in [0, 0.1) is 34.5 Å². The summed E-state index contributed by atoms with van der Waals surface area (Å²) in [5.41, 5.74) is 2.81. The Morgan fingerprint density at radius 2 is 1.22 bits per heavy atom. The molecule has 2 saturated carbocycles. The molecule has 0 aromatic carbocycles. The fourth-order valence-corrected chi connectivity index (χ4v) is 6.83. The molecule has 4 aromatic rings. The molecule has 6 rings (SSSR count). The number of hydrogen-bond acceptors (Lipinski definition) is 11. The average molecular weight is 634 g/mol. The Balaban J connectivity index is 0.000000178. The highest BCUT2D eigenvalue weighted by Gasteiger charge is 2.29. The van der Waals surface area contributed by atoms with Crippen molar-refractivity contribution in [2.45, 2.75) is 102 Å². The van der Waals surface area contributed by atoms with E-state index in [1.165, 1.54) is 0 Å². The van der Waals surface area contributed by atoms with Gasteiger partial charge >= 0.3 is 0 Å². The first-order valence-corrected chi connectivity index (χ1v) is 16.0. The number of aromatic nitrogens is 8. The van der Waals surface area contributed by atoms with Crippen LogP contribution in [0.5, 0.6) is 0 Å². The number of anilines is 1. The molecule has 0 radical (unpaired) electrons. The molecule has 0 unspecified atom stereocenters. The molecule has 13 nitrogen and oxygen atoms in total. The van der Waals surface area contributed by atoms with Gasteiger partial charge in [-0.2, -0.15) is 20.5 Å². The van der Waals surface area contributed by atoms with Crippen LogP contribution < -0.4 is 5.32 Å². The first-order chi connectivity index (χ1) is 21.7. The van der Waals surface area contributed by atoms with Crippen LogP contribution in [0.25, 0.3) is 22.3 Å². The Labute approximate surface area is 267 Å². The van der Waals surface area contributed by atoms with Crippen LogP contribution in [-0.4, -0.2) is 56.3 Å². The van der Waals surface area contributed by atoms with Crippen molar-refractivity contribution in [3.05, 3.63) is 29.3 Å². The quantitative estimate of drug-likeness (QED) is 0.210. The summed E-state index contributed by atoms with van der Waals surface area (Å²) in [5.74, 6) is 2.77. The highest BCUT2D eigenvalue weighted by atomic mass is 35.5. The minimum atomic E-state index is -0.676. The summed E-state index contributed by atoms with van der Waals surface area (Å²) in [6, 6.07) is 5.02. The van der Waals surface area contributed by atoms with Crippen LogP contribution in [0.3, 0.4) is 0 Å². The van der Waals surface area contributed by atoms with Gasteiger partial charge in [0.2, 0.25) is 11.2 Å². The Hall–Kier alpha value is -3.91. The van der Waals surface area contributed by atoms with Crippen LogP contribution in [-0.2, 0) is 0 Å². The normalized spacial score (nSPS) is 23.0. The fraction of sp³-hybridized carbons (Fsp3) is 0.613. The van der Waals surface area contributed by atoms with Gasteiger partial charge in [0.15, 0.2) is 11.3 Å². The molecule has 4 heterocycles. The molecule has 0 amide bonds. The maximum atomic E-state index is 10.1. The average Bonchev–Trinajstić information content (AvgIpc) is 3.61. The zero-order valence-corrected chi connectivity index (χ0v) is 26.7. The van der Waals surface area contributed by atoms with E-state index in [2.05, 4.69) is 51.9 Å². The van der Waals surface area contributed by atoms with Crippen molar-refractivity contribution in [2.24, 2.45) is 11.8 Å². The Morgan fingerprint density at radius 1 is 0.778 bits per heavy atom. The van der Waals surface area contributed by atoms with Gasteiger partial charge in [-0.25, -0.2) is 19.9 Å². The van der Waals surface area contributed by atoms with E-state index in [9.17, 15) is 10.2 Å². The molecule has 2 aliphatic carbocycles. The third-order valence-corrected chi connectivity index (χ3v) is 9.17. The number of halogens is 1. The number of aliphatic hydroxyl groups excluding tert-OH is 2. The second kappa shape index (κ2) is 14.5. The molecule has 2 aliphatic rings. The van der Waals surface area contributed by atoms with Gasteiger partial charge in [-0.1, -0.05) is 0 Å². The standard InChI is InChI=1S/C16H22N6O.C15H18ClN5O/c1-10(23)14-20-13-9-19-16(18-2)21-15(13)22(14)12-5-3-11(4-6-12)7-8-17;1-9(22)13-19-12-8-18-15(16)20-14(12)21(13)11-4-2-10(3-5-11)6-7-17/h9-12,23H,3-7H2,1-2H3,(H,18,19,21);8-11,22H,2-6H2,1H3/t10-,11?,12?;9-,10?,11?/m11/s1. The van der Waals surface area contributed by atoms with Gasteiger partial charge in [0, 0.05) is 32.0 Å². The number of fused-ring (bicyclic) bond motifs is 2.